The largest absolute Gasteiger partial charge is 0.395 e. The van der Waals surface area contributed by atoms with Crippen LogP contribution in [0.2, 0.25) is 16.6 Å². The number of nitriles is 1. The highest BCUT2D eigenvalue weighted by Crippen LogP contribution is 2.48. The van der Waals surface area contributed by atoms with Gasteiger partial charge in [0, 0.05) is 16.9 Å². The van der Waals surface area contributed by atoms with E-state index in [9.17, 15) is 9.47 Å². The summed E-state index contributed by atoms with van der Waals surface area (Å²) in [6.07, 6.45) is 2.08. The Morgan fingerprint density at radius 2 is 1.56 bits per heavy atom. The van der Waals surface area contributed by atoms with Crippen molar-refractivity contribution in [3.8, 4) is 6.07 Å². The molecule has 0 saturated heterocycles. The zero-order valence-corrected chi connectivity index (χ0v) is 22.3. The van der Waals surface area contributed by atoms with Crippen LogP contribution in [-0.4, -0.2) is 12.5 Å². The van der Waals surface area contributed by atoms with Gasteiger partial charge in [0.25, 0.3) is 0 Å². The Morgan fingerprint density at radius 1 is 1.03 bits per heavy atom. The fourth-order valence-electron chi connectivity index (χ4n) is 4.94. The number of hydrogen-bond donors (Lipinski definition) is 0. The van der Waals surface area contributed by atoms with E-state index in [0.717, 1.165) is 5.56 Å². The minimum absolute atomic E-state index is 0.315. The summed E-state index contributed by atoms with van der Waals surface area (Å²) in [5, 5.41) is 10.6. The van der Waals surface area contributed by atoms with Gasteiger partial charge in [-0.1, -0.05) is 83.5 Å². The first-order valence-electron chi connectivity index (χ1n) is 11.4. The molecule has 0 aliphatic rings. The van der Waals surface area contributed by atoms with Gasteiger partial charge in [0.15, 0.2) is 5.60 Å². The van der Waals surface area contributed by atoms with Crippen molar-refractivity contribution in [2.45, 2.75) is 86.9 Å². The summed E-state index contributed by atoms with van der Waals surface area (Å²) in [4.78, 5) is 1.34. The molecule has 0 aliphatic heterocycles. The smallest absolute Gasteiger partial charge is 0.202 e. The van der Waals surface area contributed by atoms with Gasteiger partial charge >= 0.3 is 0 Å². The summed E-state index contributed by atoms with van der Waals surface area (Å²) in [5.74, 6) is 0. The standard InChI is InChI=1S/C27H37NO2SSi/c1-9-18-27(19-28,30-32(20(2)3,21(4)5)22(6)7)25-12-10-11-13-26(25)31(29)24-16-14-23(8)15-17-24/h9-17,20-22H,1,18H2,2-8H3/t27-,31-/m0/s1. The molecule has 2 rings (SSSR count). The molecule has 0 bridgehead atoms. The fourth-order valence-corrected chi connectivity index (χ4v) is 11.8. The second kappa shape index (κ2) is 10.7. The van der Waals surface area contributed by atoms with Crippen LogP contribution in [0.15, 0.2) is 71.0 Å². The van der Waals surface area contributed by atoms with Crippen LogP contribution in [0.25, 0.3) is 0 Å². The summed E-state index contributed by atoms with van der Waals surface area (Å²) in [7, 11) is -3.85. The summed E-state index contributed by atoms with van der Waals surface area (Å²) >= 11 is 0. The average Bonchev–Trinajstić information content (AvgIpc) is 2.76. The predicted molar refractivity (Wildman–Crippen MR) is 137 cm³/mol. The molecule has 0 aliphatic carbocycles. The highest BCUT2D eigenvalue weighted by atomic mass is 32.2. The molecule has 2 aromatic carbocycles. The lowest BCUT2D eigenvalue weighted by atomic mass is 9.92. The quantitative estimate of drug-likeness (QED) is 0.266. The lowest BCUT2D eigenvalue weighted by Gasteiger charge is -2.47. The number of nitrogens with zero attached hydrogens (tertiary/aromatic N) is 1. The zero-order valence-electron chi connectivity index (χ0n) is 20.5. The molecule has 32 heavy (non-hydrogen) atoms. The predicted octanol–water partition coefficient (Wildman–Crippen LogP) is 7.65. The van der Waals surface area contributed by atoms with Crippen LogP contribution >= 0.6 is 0 Å². The van der Waals surface area contributed by atoms with Gasteiger partial charge in [0.2, 0.25) is 8.32 Å². The van der Waals surface area contributed by atoms with Crippen molar-refractivity contribution < 1.29 is 8.63 Å². The third-order valence-corrected chi connectivity index (χ3v) is 14.0. The highest BCUT2D eigenvalue weighted by Gasteiger charge is 2.52. The van der Waals surface area contributed by atoms with E-state index in [1.165, 1.54) is 0 Å². The first kappa shape index (κ1) is 26.3. The molecule has 3 nitrogen and oxygen atoms in total. The van der Waals surface area contributed by atoms with Gasteiger partial charge in [-0.3, -0.25) is 0 Å². The number of hydrogen-bond acceptors (Lipinski definition) is 3. The summed E-state index contributed by atoms with van der Waals surface area (Å²) < 4.78 is 20.7. The minimum atomic E-state index is -2.42. The number of benzene rings is 2. The molecular formula is C27H37NO2SSi. The maximum Gasteiger partial charge on any atom is 0.202 e. The Kier molecular flexibility index (Phi) is 8.81. The van der Waals surface area contributed by atoms with Crippen LogP contribution in [0.1, 0.15) is 59.1 Å². The van der Waals surface area contributed by atoms with Gasteiger partial charge in [-0.05, 0) is 41.7 Å². The van der Waals surface area contributed by atoms with Crippen molar-refractivity contribution in [3.05, 3.63) is 72.3 Å². The molecule has 5 heteroatoms. The van der Waals surface area contributed by atoms with Gasteiger partial charge in [0.1, 0.15) is 6.07 Å². The summed E-state index contributed by atoms with van der Waals surface area (Å²) in [5.41, 5.74) is 1.51. The zero-order chi connectivity index (χ0) is 24.1. The molecule has 0 aromatic heterocycles. The molecule has 0 spiro atoms. The normalized spacial score (nSPS) is 14.9. The molecule has 0 fully saturated rings. The SMILES string of the molecule is C=CC[C@@](C#N)(O[Si](C(C)C)(C(C)C)C(C)C)c1ccccc1[S@@](=O)c1ccc(C)cc1. The molecule has 2 aromatic rings. The lowest BCUT2D eigenvalue weighted by molar-refractivity contribution is 0.103. The fraction of sp³-hybridized carbons (Fsp3) is 0.444. The first-order chi connectivity index (χ1) is 15.1. The molecule has 0 N–H and O–H groups in total. The third kappa shape index (κ3) is 4.98. The van der Waals surface area contributed by atoms with Crippen LogP contribution in [0.3, 0.4) is 0 Å². The monoisotopic (exact) mass is 467 g/mol. The van der Waals surface area contributed by atoms with E-state index in [1.54, 1.807) is 6.08 Å². The molecule has 0 amide bonds. The van der Waals surface area contributed by atoms with E-state index in [1.807, 2.05) is 55.5 Å². The van der Waals surface area contributed by atoms with Crippen LogP contribution in [0.4, 0.5) is 0 Å². The molecule has 0 heterocycles. The van der Waals surface area contributed by atoms with Crippen molar-refractivity contribution >= 4 is 19.1 Å². The first-order valence-corrected chi connectivity index (χ1v) is 14.6. The lowest BCUT2D eigenvalue weighted by Crippen LogP contribution is -2.53. The topological polar surface area (TPSA) is 50.1 Å². The van der Waals surface area contributed by atoms with Gasteiger partial charge in [-0.15, -0.1) is 6.58 Å². The van der Waals surface area contributed by atoms with Gasteiger partial charge in [-0.2, -0.15) is 5.26 Å². The van der Waals surface area contributed by atoms with Gasteiger partial charge in [-0.25, -0.2) is 4.21 Å². The van der Waals surface area contributed by atoms with E-state index in [4.69, 9.17) is 4.43 Å². The van der Waals surface area contributed by atoms with E-state index in [-0.39, 0.29) is 0 Å². The Morgan fingerprint density at radius 3 is 2.03 bits per heavy atom. The highest BCUT2D eigenvalue weighted by molar-refractivity contribution is 7.85. The van der Waals surface area contributed by atoms with Crippen molar-refractivity contribution in [2.75, 3.05) is 0 Å². The average molecular weight is 468 g/mol. The molecule has 172 valence electrons. The maximum absolute atomic E-state index is 13.6. The van der Waals surface area contributed by atoms with Crippen LogP contribution in [0.5, 0.6) is 0 Å². The van der Waals surface area contributed by atoms with Crippen molar-refractivity contribution in [1.29, 1.82) is 5.26 Å². The molecule has 0 unspecified atom stereocenters. The Hall–Kier alpha value is -2.00. The summed E-state index contributed by atoms with van der Waals surface area (Å²) in [6.45, 7) is 19.2. The Bertz CT molecular complexity index is 970. The number of aryl methyl sites for hydroxylation is 1. The molecular weight excluding hydrogens is 430 g/mol. The molecule has 0 radical (unpaired) electrons. The van der Waals surface area contributed by atoms with Gasteiger partial charge in [0.05, 0.1) is 15.7 Å². The van der Waals surface area contributed by atoms with E-state index in [0.29, 0.717) is 38.4 Å². The number of rotatable bonds is 10. The van der Waals surface area contributed by atoms with Crippen LogP contribution < -0.4 is 0 Å². The van der Waals surface area contributed by atoms with Gasteiger partial charge < -0.3 is 4.43 Å². The summed E-state index contributed by atoms with van der Waals surface area (Å²) in [6, 6.07) is 17.7. The molecule has 2 atom stereocenters. The van der Waals surface area contributed by atoms with Crippen LogP contribution in [0, 0.1) is 18.3 Å². The second-order valence-corrected chi connectivity index (χ2v) is 16.3. The van der Waals surface area contributed by atoms with E-state index in [2.05, 4.69) is 54.2 Å². The van der Waals surface area contributed by atoms with E-state index < -0.39 is 24.7 Å². The van der Waals surface area contributed by atoms with Crippen molar-refractivity contribution in [3.63, 3.8) is 0 Å². The van der Waals surface area contributed by atoms with E-state index >= 15 is 0 Å². The Balaban J connectivity index is 2.74. The second-order valence-electron chi connectivity index (χ2n) is 9.43. The third-order valence-electron chi connectivity index (χ3n) is 6.43. The Labute approximate surface area is 198 Å². The molecule has 0 saturated carbocycles. The van der Waals surface area contributed by atoms with Crippen LogP contribution in [-0.2, 0) is 20.8 Å². The van der Waals surface area contributed by atoms with Crippen molar-refractivity contribution in [1.82, 2.24) is 0 Å². The van der Waals surface area contributed by atoms with Crippen molar-refractivity contribution in [2.24, 2.45) is 0 Å². The maximum atomic E-state index is 13.6. The minimum Gasteiger partial charge on any atom is -0.395 e.